The van der Waals surface area contributed by atoms with Crippen LogP contribution in [0.15, 0.2) is 34.1 Å². The summed E-state index contributed by atoms with van der Waals surface area (Å²) in [4.78, 5) is 5.13. The minimum Gasteiger partial charge on any atom is -0.361 e. The SMILES string of the molecule is CCc1c(C)[nH]c(C)c1S(=O)c1ccc(C)cc1. The molecule has 1 aromatic heterocycles. The van der Waals surface area contributed by atoms with Crippen molar-refractivity contribution in [3.63, 3.8) is 0 Å². The molecule has 0 fully saturated rings. The summed E-state index contributed by atoms with van der Waals surface area (Å²) in [5.41, 5.74) is 4.52. The first-order valence-corrected chi connectivity index (χ1v) is 7.36. The van der Waals surface area contributed by atoms with Gasteiger partial charge in [0.05, 0.1) is 15.7 Å². The summed E-state index contributed by atoms with van der Waals surface area (Å²) in [6.07, 6.45) is 0.906. The van der Waals surface area contributed by atoms with Crippen molar-refractivity contribution >= 4 is 10.8 Å². The molecule has 1 atom stereocenters. The van der Waals surface area contributed by atoms with Gasteiger partial charge in [-0.15, -0.1) is 0 Å². The first-order chi connectivity index (χ1) is 8.54. The maximum atomic E-state index is 12.7. The molecule has 2 nitrogen and oxygen atoms in total. The molecular formula is C15H19NOS. The lowest BCUT2D eigenvalue weighted by molar-refractivity contribution is 0.682. The maximum absolute atomic E-state index is 12.7. The van der Waals surface area contributed by atoms with Gasteiger partial charge in [-0.05, 0) is 44.9 Å². The summed E-state index contributed by atoms with van der Waals surface area (Å²) >= 11 is 0. The Kier molecular flexibility index (Phi) is 3.71. The third-order valence-corrected chi connectivity index (χ3v) is 4.84. The molecule has 0 saturated carbocycles. The minimum absolute atomic E-state index is 0.873. The molecule has 2 aromatic rings. The summed E-state index contributed by atoms with van der Waals surface area (Å²) in [6, 6.07) is 7.92. The number of benzene rings is 1. The van der Waals surface area contributed by atoms with Crippen LogP contribution >= 0.6 is 0 Å². The van der Waals surface area contributed by atoms with E-state index in [4.69, 9.17) is 0 Å². The van der Waals surface area contributed by atoms with Crippen LogP contribution in [0.25, 0.3) is 0 Å². The van der Waals surface area contributed by atoms with Gasteiger partial charge in [-0.1, -0.05) is 24.6 Å². The van der Waals surface area contributed by atoms with Crippen molar-refractivity contribution in [3.05, 3.63) is 46.8 Å². The first-order valence-electron chi connectivity index (χ1n) is 6.21. The van der Waals surface area contributed by atoms with E-state index in [0.717, 1.165) is 27.6 Å². The highest BCUT2D eigenvalue weighted by molar-refractivity contribution is 7.85. The molecule has 0 radical (unpaired) electrons. The molecule has 96 valence electrons. The molecule has 0 spiro atoms. The lowest BCUT2D eigenvalue weighted by Crippen LogP contribution is -1.97. The highest BCUT2D eigenvalue weighted by Crippen LogP contribution is 2.26. The largest absolute Gasteiger partial charge is 0.361 e. The van der Waals surface area contributed by atoms with Gasteiger partial charge < -0.3 is 4.98 Å². The molecule has 1 unspecified atom stereocenters. The Morgan fingerprint density at radius 1 is 1.06 bits per heavy atom. The second-order valence-electron chi connectivity index (χ2n) is 4.62. The van der Waals surface area contributed by atoms with Crippen LogP contribution in [-0.4, -0.2) is 9.19 Å². The number of aryl methyl sites for hydroxylation is 3. The molecule has 1 heterocycles. The average Bonchev–Trinajstić information content (AvgIpc) is 2.63. The van der Waals surface area contributed by atoms with Gasteiger partial charge in [0.1, 0.15) is 0 Å². The van der Waals surface area contributed by atoms with Crippen LogP contribution < -0.4 is 0 Å². The van der Waals surface area contributed by atoms with Gasteiger partial charge in [-0.25, -0.2) is 4.21 Å². The van der Waals surface area contributed by atoms with Crippen LogP contribution in [0.5, 0.6) is 0 Å². The normalized spacial score (nSPS) is 12.7. The maximum Gasteiger partial charge on any atom is 0.0870 e. The molecule has 1 N–H and O–H groups in total. The molecule has 3 heteroatoms. The fourth-order valence-corrected chi connectivity index (χ4v) is 3.74. The molecule has 0 saturated heterocycles. The number of nitrogens with one attached hydrogen (secondary N) is 1. The highest BCUT2D eigenvalue weighted by Gasteiger charge is 2.18. The number of hydrogen-bond acceptors (Lipinski definition) is 1. The molecule has 0 aliphatic rings. The fourth-order valence-electron chi connectivity index (χ4n) is 2.27. The molecule has 0 amide bonds. The monoisotopic (exact) mass is 261 g/mol. The number of rotatable bonds is 3. The lowest BCUT2D eigenvalue weighted by atomic mass is 10.2. The summed E-state index contributed by atoms with van der Waals surface area (Å²) in [6.45, 7) is 8.18. The molecular weight excluding hydrogens is 242 g/mol. The zero-order valence-corrected chi connectivity index (χ0v) is 12.1. The van der Waals surface area contributed by atoms with Crippen LogP contribution in [0.2, 0.25) is 0 Å². The van der Waals surface area contributed by atoms with Crippen molar-refractivity contribution in [2.75, 3.05) is 0 Å². The number of aromatic nitrogens is 1. The van der Waals surface area contributed by atoms with Crippen molar-refractivity contribution in [2.24, 2.45) is 0 Å². The van der Waals surface area contributed by atoms with E-state index in [-0.39, 0.29) is 0 Å². The standard InChI is InChI=1S/C15H19NOS/c1-5-14-11(3)16-12(4)15(14)18(17)13-8-6-10(2)7-9-13/h6-9,16H,5H2,1-4H3. The van der Waals surface area contributed by atoms with E-state index in [0.29, 0.717) is 0 Å². The summed E-state index contributed by atoms with van der Waals surface area (Å²) in [7, 11) is -1.09. The van der Waals surface area contributed by atoms with Gasteiger partial charge in [0.2, 0.25) is 0 Å². The zero-order chi connectivity index (χ0) is 13.3. The van der Waals surface area contributed by atoms with E-state index < -0.39 is 10.8 Å². The third-order valence-electron chi connectivity index (χ3n) is 3.22. The van der Waals surface area contributed by atoms with Crippen LogP contribution in [0.1, 0.15) is 29.4 Å². The Balaban J connectivity index is 2.49. The van der Waals surface area contributed by atoms with Crippen molar-refractivity contribution in [3.8, 4) is 0 Å². The number of H-pyrrole nitrogens is 1. The molecule has 0 bridgehead atoms. The van der Waals surface area contributed by atoms with Crippen molar-refractivity contribution < 1.29 is 4.21 Å². The zero-order valence-electron chi connectivity index (χ0n) is 11.3. The molecule has 0 aliphatic carbocycles. The van der Waals surface area contributed by atoms with E-state index in [2.05, 4.69) is 11.9 Å². The summed E-state index contributed by atoms with van der Waals surface area (Å²) in [5, 5.41) is 0. The Bertz CT molecular complexity index is 581. The topological polar surface area (TPSA) is 32.9 Å². The Morgan fingerprint density at radius 2 is 1.67 bits per heavy atom. The van der Waals surface area contributed by atoms with E-state index in [1.807, 2.05) is 45.0 Å². The van der Waals surface area contributed by atoms with Crippen molar-refractivity contribution in [2.45, 2.75) is 43.9 Å². The van der Waals surface area contributed by atoms with Crippen LogP contribution in [0, 0.1) is 20.8 Å². The van der Waals surface area contributed by atoms with Gasteiger partial charge in [-0.3, -0.25) is 0 Å². The molecule has 2 rings (SSSR count). The van der Waals surface area contributed by atoms with Gasteiger partial charge >= 0.3 is 0 Å². The van der Waals surface area contributed by atoms with Gasteiger partial charge in [-0.2, -0.15) is 0 Å². The second kappa shape index (κ2) is 5.11. The van der Waals surface area contributed by atoms with Crippen LogP contribution in [-0.2, 0) is 17.2 Å². The first kappa shape index (κ1) is 13.1. The van der Waals surface area contributed by atoms with Gasteiger partial charge in [0.15, 0.2) is 0 Å². The predicted octanol–water partition coefficient (Wildman–Crippen LogP) is 3.67. The second-order valence-corrected chi connectivity index (χ2v) is 6.04. The van der Waals surface area contributed by atoms with E-state index >= 15 is 0 Å². The van der Waals surface area contributed by atoms with E-state index in [1.165, 1.54) is 11.1 Å². The smallest absolute Gasteiger partial charge is 0.0870 e. The Hall–Kier alpha value is -1.35. The van der Waals surface area contributed by atoms with Crippen molar-refractivity contribution in [1.82, 2.24) is 4.98 Å². The third kappa shape index (κ3) is 2.27. The highest BCUT2D eigenvalue weighted by atomic mass is 32.2. The quantitative estimate of drug-likeness (QED) is 0.898. The minimum atomic E-state index is -1.09. The molecule has 18 heavy (non-hydrogen) atoms. The number of hydrogen-bond donors (Lipinski definition) is 1. The summed E-state index contributed by atoms with van der Waals surface area (Å²) in [5.74, 6) is 0. The van der Waals surface area contributed by atoms with E-state index in [1.54, 1.807) is 0 Å². The molecule has 1 aromatic carbocycles. The molecule has 0 aliphatic heterocycles. The average molecular weight is 261 g/mol. The summed E-state index contributed by atoms with van der Waals surface area (Å²) < 4.78 is 12.7. The predicted molar refractivity (Wildman–Crippen MR) is 75.5 cm³/mol. The van der Waals surface area contributed by atoms with Crippen molar-refractivity contribution in [1.29, 1.82) is 0 Å². The van der Waals surface area contributed by atoms with Crippen LogP contribution in [0.3, 0.4) is 0 Å². The van der Waals surface area contributed by atoms with Gasteiger partial charge in [0, 0.05) is 16.3 Å². The van der Waals surface area contributed by atoms with Crippen LogP contribution in [0.4, 0.5) is 0 Å². The Morgan fingerprint density at radius 3 is 2.22 bits per heavy atom. The number of aromatic amines is 1. The fraction of sp³-hybridized carbons (Fsp3) is 0.333. The van der Waals surface area contributed by atoms with E-state index in [9.17, 15) is 4.21 Å². The lowest BCUT2D eigenvalue weighted by Gasteiger charge is -2.05. The van der Waals surface area contributed by atoms with Gasteiger partial charge in [0.25, 0.3) is 0 Å². The Labute approximate surface area is 111 Å².